The lowest BCUT2D eigenvalue weighted by atomic mass is 10.0. The molecular weight excluding hydrogens is 430 g/mol. The first-order valence-electron chi connectivity index (χ1n) is 11.0. The van der Waals surface area contributed by atoms with Crippen molar-refractivity contribution in [3.63, 3.8) is 0 Å². The Morgan fingerprint density at radius 2 is 1.85 bits per heavy atom. The first kappa shape index (κ1) is 20.3. The fourth-order valence-electron chi connectivity index (χ4n) is 4.13. The van der Waals surface area contributed by atoms with E-state index in [1.54, 1.807) is 10.9 Å². The van der Waals surface area contributed by atoms with Gasteiger partial charge in [-0.15, -0.1) is 5.10 Å². The van der Waals surface area contributed by atoms with Crippen LogP contribution in [-0.2, 0) is 4.74 Å². The van der Waals surface area contributed by atoms with Crippen LogP contribution in [0.4, 0.5) is 0 Å². The molecule has 1 fully saturated rings. The van der Waals surface area contributed by atoms with Gasteiger partial charge >= 0.3 is 0 Å². The van der Waals surface area contributed by atoms with E-state index in [1.807, 2.05) is 65.8 Å². The molecule has 0 aliphatic carbocycles. The Kier molecular flexibility index (Phi) is 5.08. The highest BCUT2D eigenvalue weighted by atomic mass is 16.5. The van der Waals surface area contributed by atoms with Gasteiger partial charge in [-0.2, -0.15) is 5.10 Å². The molecule has 0 unspecified atom stereocenters. The number of morpholine rings is 1. The van der Waals surface area contributed by atoms with Crippen molar-refractivity contribution < 1.29 is 9.53 Å². The van der Waals surface area contributed by atoms with Crippen molar-refractivity contribution >= 4 is 16.8 Å². The van der Waals surface area contributed by atoms with E-state index in [-0.39, 0.29) is 5.91 Å². The van der Waals surface area contributed by atoms with Crippen LogP contribution in [0.5, 0.6) is 0 Å². The molecule has 0 spiro atoms. The average Bonchev–Trinajstić information content (AvgIpc) is 3.56. The van der Waals surface area contributed by atoms with Crippen LogP contribution < -0.4 is 0 Å². The predicted octanol–water partition coefficient (Wildman–Crippen LogP) is 3.35. The Bertz CT molecular complexity index is 1450. The summed E-state index contributed by atoms with van der Waals surface area (Å²) < 4.78 is 7.01. The van der Waals surface area contributed by atoms with Crippen molar-refractivity contribution in [1.29, 1.82) is 0 Å². The Hall–Kier alpha value is -4.37. The molecule has 1 saturated heterocycles. The number of benzene rings is 2. The van der Waals surface area contributed by atoms with E-state index >= 15 is 0 Å². The van der Waals surface area contributed by atoms with Gasteiger partial charge in [-0.25, -0.2) is 4.68 Å². The lowest BCUT2D eigenvalue weighted by Crippen LogP contribution is -2.40. The van der Waals surface area contributed by atoms with Crippen LogP contribution in [0, 0.1) is 0 Å². The quantitative estimate of drug-likeness (QED) is 0.450. The van der Waals surface area contributed by atoms with Gasteiger partial charge in [0.25, 0.3) is 5.91 Å². The van der Waals surface area contributed by atoms with Crippen LogP contribution in [0.25, 0.3) is 39.1 Å². The highest BCUT2D eigenvalue weighted by Gasteiger charge is 2.19. The number of ether oxygens (including phenoxy) is 1. The highest BCUT2D eigenvalue weighted by Crippen LogP contribution is 2.29. The summed E-state index contributed by atoms with van der Waals surface area (Å²) in [7, 11) is 0. The van der Waals surface area contributed by atoms with Gasteiger partial charge in [-0.05, 0) is 48.0 Å². The average molecular weight is 451 g/mol. The lowest BCUT2D eigenvalue weighted by molar-refractivity contribution is 0.0303. The molecule has 0 saturated carbocycles. The third-order valence-electron chi connectivity index (χ3n) is 5.97. The number of carbonyl (C=O) groups is 1. The van der Waals surface area contributed by atoms with Gasteiger partial charge in [0.1, 0.15) is 11.4 Å². The molecule has 6 rings (SSSR count). The van der Waals surface area contributed by atoms with Crippen molar-refractivity contribution in [1.82, 2.24) is 35.1 Å². The Morgan fingerprint density at radius 1 is 1.00 bits per heavy atom. The summed E-state index contributed by atoms with van der Waals surface area (Å²) in [5.74, 6) is 0.0165. The number of hydrogen-bond acceptors (Lipinski definition) is 6. The third kappa shape index (κ3) is 3.71. The Balaban J connectivity index is 1.24. The minimum absolute atomic E-state index is 0.0165. The van der Waals surface area contributed by atoms with E-state index < -0.39 is 0 Å². The fraction of sp³-hybridized carbons (Fsp3) is 0.160. The number of amides is 1. The van der Waals surface area contributed by atoms with Crippen molar-refractivity contribution in [3.05, 3.63) is 78.8 Å². The first-order chi connectivity index (χ1) is 16.8. The molecule has 3 aromatic heterocycles. The highest BCUT2D eigenvalue weighted by molar-refractivity contribution is 5.95. The maximum Gasteiger partial charge on any atom is 0.254 e. The molecule has 34 heavy (non-hydrogen) atoms. The summed E-state index contributed by atoms with van der Waals surface area (Å²) in [5.41, 5.74) is 5.88. The molecule has 0 atom stereocenters. The number of nitrogens with one attached hydrogen (secondary N) is 1. The van der Waals surface area contributed by atoms with E-state index in [2.05, 4.69) is 31.6 Å². The zero-order chi connectivity index (χ0) is 22.9. The second kappa shape index (κ2) is 8.53. The molecule has 9 nitrogen and oxygen atoms in total. The van der Waals surface area contributed by atoms with Gasteiger partial charge in [-0.3, -0.25) is 14.9 Å². The van der Waals surface area contributed by atoms with Gasteiger partial charge in [0, 0.05) is 42.0 Å². The summed E-state index contributed by atoms with van der Waals surface area (Å²) >= 11 is 0. The molecule has 2 aromatic carbocycles. The number of carbonyl (C=O) groups excluding carboxylic acids is 1. The van der Waals surface area contributed by atoms with Crippen LogP contribution >= 0.6 is 0 Å². The molecule has 168 valence electrons. The van der Waals surface area contributed by atoms with Crippen LogP contribution in [0.15, 0.2) is 73.2 Å². The number of pyridine rings is 1. The second-order valence-electron chi connectivity index (χ2n) is 8.07. The SMILES string of the molecule is O=C(c1ccc(-n2cc(-c3n[nH]c4cc(-c5cccnc5)ccc34)nn2)cc1)N1CCOCC1. The predicted molar refractivity (Wildman–Crippen MR) is 126 cm³/mol. The zero-order valence-electron chi connectivity index (χ0n) is 18.3. The van der Waals surface area contributed by atoms with Crippen molar-refractivity contribution in [2.45, 2.75) is 0 Å². The van der Waals surface area contributed by atoms with E-state index in [4.69, 9.17) is 4.74 Å². The van der Waals surface area contributed by atoms with Crippen molar-refractivity contribution in [2.75, 3.05) is 26.3 Å². The van der Waals surface area contributed by atoms with Crippen LogP contribution in [0.2, 0.25) is 0 Å². The van der Waals surface area contributed by atoms with E-state index in [1.165, 1.54) is 0 Å². The Labute approximate surface area is 195 Å². The van der Waals surface area contributed by atoms with Crippen molar-refractivity contribution in [3.8, 4) is 28.2 Å². The summed E-state index contributed by atoms with van der Waals surface area (Å²) in [6.07, 6.45) is 5.43. The second-order valence-corrected chi connectivity index (χ2v) is 8.07. The first-order valence-corrected chi connectivity index (χ1v) is 11.0. The number of aromatic nitrogens is 6. The summed E-state index contributed by atoms with van der Waals surface area (Å²) in [6.45, 7) is 2.40. The molecule has 0 bridgehead atoms. The number of hydrogen-bond donors (Lipinski definition) is 1. The van der Waals surface area contributed by atoms with E-state index in [9.17, 15) is 4.79 Å². The molecular formula is C25H21N7O2. The minimum atomic E-state index is 0.0165. The fourth-order valence-corrected chi connectivity index (χ4v) is 4.13. The molecule has 1 aliphatic heterocycles. The Morgan fingerprint density at radius 3 is 2.65 bits per heavy atom. The van der Waals surface area contributed by atoms with Gasteiger partial charge < -0.3 is 9.64 Å². The number of H-pyrrole nitrogens is 1. The molecule has 5 aromatic rings. The van der Waals surface area contributed by atoms with Gasteiger partial charge in [0.05, 0.1) is 30.6 Å². The minimum Gasteiger partial charge on any atom is -0.378 e. The van der Waals surface area contributed by atoms with Gasteiger partial charge in [0.15, 0.2) is 0 Å². The standard InChI is InChI=1S/C25H21N7O2/c33-25(31-10-12-34-13-11-31)17-3-6-20(7-4-17)32-16-23(28-30-32)24-21-8-5-18(14-22(21)27-29-24)19-2-1-9-26-15-19/h1-9,14-16H,10-13H2,(H,27,29). The number of fused-ring (bicyclic) bond motifs is 1. The van der Waals surface area contributed by atoms with Crippen molar-refractivity contribution in [2.24, 2.45) is 0 Å². The largest absolute Gasteiger partial charge is 0.378 e. The van der Waals surface area contributed by atoms with E-state index in [0.29, 0.717) is 37.6 Å². The summed E-state index contributed by atoms with van der Waals surface area (Å²) in [5, 5.41) is 17.1. The molecule has 1 aliphatic rings. The topological polar surface area (TPSA) is 102 Å². The zero-order valence-corrected chi connectivity index (χ0v) is 18.3. The number of nitrogens with zero attached hydrogens (tertiary/aromatic N) is 6. The molecule has 4 heterocycles. The monoisotopic (exact) mass is 451 g/mol. The molecule has 1 N–H and O–H groups in total. The summed E-state index contributed by atoms with van der Waals surface area (Å²) in [4.78, 5) is 18.7. The van der Waals surface area contributed by atoms with Gasteiger partial charge in [-0.1, -0.05) is 17.3 Å². The van der Waals surface area contributed by atoms with Gasteiger partial charge in [0.2, 0.25) is 0 Å². The maximum absolute atomic E-state index is 12.7. The van der Waals surface area contributed by atoms with Crippen LogP contribution in [-0.4, -0.2) is 67.3 Å². The lowest BCUT2D eigenvalue weighted by Gasteiger charge is -2.26. The van der Waals surface area contributed by atoms with Crippen LogP contribution in [0.1, 0.15) is 10.4 Å². The van der Waals surface area contributed by atoms with Crippen LogP contribution in [0.3, 0.4) is 0 Å². The van der Waals surface area contributed by atoms with E-state index in [0.717, 1.165) is 33.4 Å². The smallest absolute Gasteiger partial charge is 0.254 e. The maximum atomic E-state index is 12.7. The molecule has 0 radical (unpaired) electrons. The number of aromatic amines is 1. The summed E-state index contributed by atoms with van der Waals surface area (Å²) in [6, 6.07) is 17.4. The molecule has 9 heteroatoms. The number of rotatable bonds is 4. The normalized spacial score (nSPS) is 13.9. The molecule has 1 amide bonds. The third-order valence-corrected chi connectivity index (χ3v) is 5.97.